The number of hydrogen-bond donors (Lipinski definition) is 1. The Morgan fingerprint density at radius 1 is 1.31 bits per heavy atom. The van der Waals surface area contributed by atoms with Gasteiger partial charge in [-0.15, -0.1) is 0 Å². The molecule has 0 aromatic heterocycles. The van der Waals surface area contributed by atoms with Gasteiger partial charge in [0, 0.05) is 29.6 Å². The van der Waals surface area contributed by atoms with Crippen molar-refractivity contribution in [3.8, 4) is 0 Å². The Balaban J connectivity index is 1.72. The van der Waals surface area contributed by atoms with E-state index in [-0.39, 0.29) is 6.10 Å². The van der Waals surface area contributed by atoms with Crippen LogP contribution in [-0.2, 0) is 0 Å². The second-order valence-corrected chi connectivity index (χ2v) is 5.94. The van der Waals surface area contributed by atoms with Crippen LogP contribution in [0.1, 0.15) is 25.7 Å². The topological polar surface area (TPSA) is 23.5 Å². The lowest BCUT2D eigenvalue weighted by atomic mass is 10.1. The zero-order valence-electron chi connectivity index (χ0n) is 7.85. The van der Waals surface area contributed by atoms with Crippen molar-refractivity contribution in [3.05, 3.63) is 0 Å². The molecule has 0 spiro atoms. The Morgan fingerprint density at radius 2 is 2.23 bits per heavy atom. The van der Waals surface area contributed by atoms with Crippen LogP contribution in [0.4, 0.5) is 0 Å². The van der Waals surface area contributed by atoms with Gasteiger partial charge >= 0.3 is 0 Å². The molecule has 2 aliphatic heterocycles. The van der Waals surface area contributed by atoms with E-state index in [9.17, 15) is 5.11 Å². The SMILES string of the molecule is O[C@@H]1CCC[C@H]1N1CC2CC1CS2. The standard InChI is InChI=1S/C10H17NOS/c12-10-3-1-2-9(10)11-5-8-4-7(11)6-13-8/h7-10,12H,1-6H2/t7?,8?,9-,10-/m1/s1. The molecule has 2 unspecified atom stereocenters. The fraction of sp³-hybridized carbons (Fsp3) is 1.00. The number of aliphatic hydroxyl groups is 1. The van der Waals surface area contributed by atoms with E-state index in [1.54, 1.807) is 0 Å². The van der Waals surface area contributed by atoms with E-state index in [0.29, 0.717) is 6.04 Å². The first-order valence-corrected chi connectivity index (χ1v) is 6.45. The molecule has 0 amide bonds. The number of aliphatic hydroxyl groups excluding tert-OH is 1. The highest BCUT2D eigenvalue weighted by molar-refractivity contribution is 8.00. The van der Waals surface area contributed by atoms with Crippen molar-refractivity contribution in [2.45, 2.75) is 49.1 Å². The molecular formula is C10H17NOS. The van der Waals surface area contributed by atoms with E-state index in [2.05, 4.69) is 16.7 Å². The predicted molar refractivity (Wildman–Crippen MR) is 55.0 cm³/mol. The fourth-order valence-electron chi connectivity index (χ4n) is 3.14. The van der Waals surface area contributed by atoms with Gasteiger partial charge in [0.1, 0.15) is 0 Å². The molecule has 3 heteroatoms. The average Bonchev–Trinajstić information content (AvgIpc) is 2.77. The summed E-state index contributed by atoms with van der Waals surface area (Å²) in [6.45, 7) is 1.25. The molecule has 0 aromatic carbocycles. The molecule has 13 heavy (non-hydrogen) atoms. The summed E-state index contributed by atoms with van der Waals surface area (Å²) in [6.07, 6.45) is 4.85. The van der Waals surface area contributed by atoms with Gasteiger partial charge in [-0.25, -0.2) is 0 Å². The first kappa shape index (κ1) is 8.57. The Morgan fingerprint density at radius 3 is 2.77 bits per heavy atom. The molecule has 1 N–H and O–H groups in total. The van der Waals surface area contributed by atoms with Crippen molar-refractivity contribution >= 4 is 11.8 Å². The number of fused-ring (bicyclic) bond motifs is 2. The van der Waals surface area contributed by atoms with Crippen LogP contribution in [0.2, 0.25) is 0 Å². The van der Waals surface area contributed by atoms with Crippen LogP contribution in [0.5, 0.6) is 0 Å². The number of rotatable bonds is 1. The maximum absolute atomic E-state index is 9.83. The van der Waals surface area contributed by atoms with Crippen LogP contribution >= 0.6 is 11.8 Å². The Bertz CT molecular complexity index is 211. The van der Waals surface area contributed by atoms with Gasteiger partial charge in [-0.3, -0.25) is 4.90 Å². The zero-order chi connectivity index (χ0) is 8.84. The normalized spacial score (nSPS) is 50.5. The lowest BCUT2D eigenvalue weighted by molar-refractivity contribution is 0.0671. The van der Waals surface area contributed by atoms with Crippen molar-refractivity contribution < 1.29 is 5.11 Å². The van der Waals surface area contributed by atoms with Gasteiger partial charge in [0.25, 0.3) is 0 Å². The molecule has 4 atom stereocenters. The summed E-state index contributed by atoms with van der Waals surface area (Å²) in [5.41, 5.74) is 0. The van der Waals surface area contributed by atoms with Gasteiger partial charge in [0.15, 0.2) is 0 Å². The van der Waals surface area contributed by atoms with Gasteiger partial charge in [-0.05, 0) is 25.7 Å². The highest BCUT2D eigenvalue weighted by atomic mass is 32.2. The second-order valence-electron chi connectivity index (χ2n) is 4.61. The number of hydrogen-bond acceptors (Lipinski definition) is 3. The zero-order valence-corrected chi connectivity index (χ0v) is 8.67. The number of likely N-dealkylation sites (tertiary alicyclic amines) is 1. The minimum Gasteiger partial charge on any atom is -0.391 e. The molecule has 2 bridgehead atoms. The third-order valence-electron chi connectivity index (χ3n) is 3.81. The molecule has 0 radical (unpaired) electrons. The monoisotopic (exact) mass is 199 g/mol. The number of nitrogens with zero attached hydrogens (tertiary/aromatic N) is 1. The van der Waals surface area contributed by atoms with Gasteiger partial charge in [-0.2, -0.15) is 11.8 Å². The van der Waals surface area contributed by atoms with Crippen molar-refractivity contribution in [2.24, 2.45) is 0 Å². The lowest BCUT2D eigenvalue weighted by Crippen LogP contribution is -2.45. The first-order valence-electron chi connectivity index (χ1n) is 5.40. The van der Waals surface area contributed by atoms with Gasteiger partial charge in [-0.1, -0.05) is 0 Å². The van der Waals surface area contributed by atoms with Gasteiger partial charge < -0.3 is 5.11 Å². The summed E-state index contributed by atoms with van der Waals surface area (Å²) < 4.78 is 0. The maximum atomic E-state index is 9.83. The van der Waals surface area contributed by atoms with Crippen LogP contribution in [0.15, 0.2) is 0 Å². The van der Waals surface area contributed by atoms with E-state index in [1.807, 2.05) is 0 Å². The van der Waals surface area contributed by atoms with Crippen LogP contribution in [0.25, 0.3) is 0 Å². The molecule has 74 valence electrons. The molecule has 3 fully saturated rings. The predicted octanol–water partition coefficient (Wildman–Crippen LogP) is 1.09. The summed E-state index contributed by atoms with van der Waals surface area (Å²) in [5, 5.41) is 10.7. The lowest BCUT2D eigenvalue weighted by Gasteiger charge is -2.34. The third-order valence-corrected chi connectivity index (χ3v) is 5.20. The smallest absolute Gasteiger partial charge is 0.0695 e. The molecule has 0 aromatic rings. The van der Waals surface area contributed by atoms with E-state index >= 15 is 0 Å². The Labute approximate surface area is 83.7 Å². The molecule has 1 aliphatic carbocycles. The second kappa shape index (κ2) is 3.14. The van der Waals surface area contributed by atoms with Crippen LogP contribution in [0.3, 0.4) is 0 Å². The van der Waals surface area contributed by atoms with Crippen molar-refractivity contribution in [1.29, 1.82) is 0 Å². The summed E-state index contributed by atoms with van der Waals surface area (Å²) in [4.78, 5) is 2.60. The molecule has 2 saturated heterocycles. The minimum atomic E-state index is -0.0238. The van der Waals surface area contributed by atoms with E-state index in [1.165, 1.54) is 31.6 Å². The van der Waals surface area contributed by atoms with Crippen LogP contribution in [0, 0.1) is 0 Å². The van der Waals surface area contributed by atoms with Crippen molar-refractivity contribution in [1.82, 2.24) is 4.90 Å². The Hall–Kier alpha value is 0.270. The quantitative estimate of drug-likeness (QED) is 0.684. The summed E-state index contributed by atoms with van der Waals surface area (Å²) in [7, 11) is 0. The van der Waals surface area contributed by atoms with Gasteiger partial charge in [0.05, 0.1) is 6.10 Å². The van der Waals surface area contributed by atoms with E-state index in [4.69, 9.17) is 0 Å². The maximum Gasteiger partial charge on any atom is 0.0695 e. The van der Waals surface area contributed by atoms with Crippen LogP contribution in [-0.4, -0.2) is 45.7 Å². The average molecular weight is 199 g/mol. The van der Waals surface area contributed by atoms with E-state index < -0.39 is 0 Å². The molecule has 3 rings (SSSR count). The molecule has 1 saturated carbocycles. The van der Waals surface area contributed by atoms with Crippen LogP contribution < -0.4 is 0 Å². The largest absolute Gasteiger partial charge is 0.391 e. The Kier molecular flexibility index (Phi) is 2.07. The van der Waals surface area contributed by atoms with Crippen molar-refractivity contribution in [3.63, 3.8) is 0 Å². The molecule has 2 nitrogen and oxygen atoms in total. The molecule has 2 heterocycles. The molecular weight excluding hydrogens is 182 g/mol. The summed E-state index contributed by atoms with van der Waals surface area (Å²) >= 11 is 2.13. The minimum absolute atomic E-state index is 0.0238. The van der Waals surface area contributed by atoms with E-state index in [0.717, 1.165) is 17.7 Å². The van der Waals surface area contributed by atoms with Gasteiger partial charge in [0.2, 0.25) is 0 Å². The highest BCUT2D eigenvalue weighted by Gasteiger charge is 2.44. The summed E-state index contributed by atoms with van der Waals surface area (Å²) in [6, 6.07) is 1.31. The fourth-order valence-corrected chi connectivity index (χ4v) is 4.60. The molecule has 3 aliphatic rings. The number of thioether (sulfide) groups is 1. The summed E-state index contributed by atoms with van der Waals surface area (Å²) in [5.74, 6) is 1.31. The third kappa shape index (κ3) is 1.32. The highest BCUT2D eigenvalue weighted by Crippen LogP contribution is 2.41. The van der Waals surface area contributed by atoms with Crippen molar-refractivity contribution in [2.75, 3.05) is 12.3 Å². The first-order chi connectivity index (χ1) is 6.34.